The van der Waals surface area contributed by atoms with Crippen molar-refractivity contribution in [3.8, 4) is 0 Å². The van der Waals surface area contributed by atoms with Crippen molar-refractivity contribution in [2.75, 3.05) is 26.2 Å². The fourth-order valence-electron chi connectivity index (χ4n) is 2.97. The van der Waals surface area contributed by atoms with Gasteiger partial charge in [0.2, 0.25) is 0 Å². The van der Waals surface area contributed by atoms with Crippen LogP contribution in [-0.4, -0.2) is 37.1 Å². The summed E-state index contributed by atoms with van der Waals surface area (Å²) in [7, 11) is 0. The van der Waals surface area contributed by atoms with E-state index in [-0.39, 0.29) is 0 Å². The summed E-state index contributed by atoms with van der Waals surface area (Å²) in [6, 6.07) is 5.16. The molecule has 0 aromatic carbocycles. The molecule has 2 atom stereocenters. The molecule has 1 aromatic heterocycles. The molecule has 1 aliphatic rings. The van der Waals surface area contributed by atoms with Gasteiger partial charge in [-0.3, -0.25) is 0 Å². The highest BCUT2D eigenvalue weighted by molar-refractivity contribution is 7.10. The molecule has 1 aromatic rings. The smallest absolute Gasteiger partial charge is 0.0201 e. The van der Waals surface area contributed by atoms with Crippen molar-refractivity contribution in [3.05, 3.63) is 22.4 Å². The number of nitrogens with zero attached hydrogens (tertiary/aromatic N) is 1. The van der Waals surface area contributed by atoms with Crippen LogP contribution in [0.1, 0.15) is 44.4 Å². The maximum absolute atomic E-state index is 3.76. The Morgan fingerprint density at radius 3 is 2.89 bits per heavy atom. The van der Waals surface area contributed by atoms with Crippen molar-refractivity contribution in [2.45, 2.75) is 45.6 Å². The second-order valence-corrected chi connectivity index (χ2v) is 7.19. The molecule has 108 valence electrons. The van der Waals surface area contributed by atoms with Gasteiger partial charge < -0.3 is 10.2 Å². The molecule has 1 saturated heterocycles. The molecule has 19 heavy (non-hydrogen) atoms. The van der Waals surface area contributed by atoms with Crippen molar-refractivity contribution < 1.29 is 0 Å². The lowest BCUT2D eigenvalue weighted by Crippen LogP contribution is -2.49. The number of rotatable bonds is 6. The molecule has 1 fully saturated rings. The molecule has 1 N–H and O–H groups in total. The number of nitrogens with one attached hydrogen (secondary N) is 1. The molecule has 0 aliphatic carbocycles. The monoisotopic (exact) mass is 280 g/mol. The Labute approximate surface area is 122 Å². The summed E-state index contributed by atoms with van der Waals surface area (Å²) >= 11 is 1.92. The van der Waals surface area contributed by atoms with Gasteiger partial charge in [0.1, 0.15) is 0 Å². The summed E-state index contributed by atoms with van der Waals surface area (Å²) in [5, 5.41) is 5.98. The van der Waals surface area contributed by atoms with Crippen LogP contribution in [0.2, 0.25) is 0 Å². The van der Waals surface area contributed by atoms with E-state index in [1.165, 1.54) is 32.5 Å². The first-order valence-corrected chi connectivity index (χ1v) is 8.56. The SMILES string of the molecule is CCCN1CC(NCC(C)C)CC(c2cccs2)C1. The van der Waals surface area contributed by atoms with Gasteiger partial charge in [-0.2, -0.15) is 0 Å². The number of likely N-dealkylation sites (tertiary alicyclic amines) is 1. The first-order valence-electron chi connectivity index (χ1n) is 7.68. The van der Waals surface area contributed by atoms with Crippen LogP contribution in [0.3, 0.4) is 0 Å². The minimum absolute atomic E-state index is 0.662. The number of piperidine rings is 1. The lowest BCUT2D eigenvalue weighted by Gasteiger charge is -2.38. The fraction of sp³-hybridized carbons (Fsp3) is 0.750. The largest absolute Gasteiger partial charge is 0.312 e. The van der Waals surface area contributed by atoms with Gasteiger partial charge in [0.15, 0.2) is 0 Å². The predicted octanol–water partition coefficient (Wildman–Crippen LogP) is 3.56. The average Bonchev–Trinajstić information content (AvgIpc) is 2.90. The molecule has 3 heteroatoms. The summed E-state index contributed by atoms with van der Waals surface area (Å²) in [6.45, 7) is 11.7. The van der Waals surface area contributed by atoms with Crippen LogP contribution in [0.5, 0.6) is 0 Å². The summed E-state index contributed by atoms with van der Waals surface area (Å²) in [4.78, 5) is 4.21. The third kappa shape index (κ3) is 4.59. The van der Waals surface area contributed by atoms with Crippen LogP contribution in [0.25, 0.3) is 0 Å². The Balaban J connectivity index is 1.96. The van der Waals surface area contributed by atoms with Crippen LogP contribution in [0.15, 0.2) is 17.5 Å². The quantitative estimate of drug-likeness (QED) is 0.857. The van der Waals surface area contributed by atoms with E-state index in [2.05, 4.69) is 48.5 Å². The molecule has 2 unspecified atom stereocenters. The molecule has 0 amide bonds. The molecule has 0 radical (unpaired) electrons. The molecule has 2 rings (SSSR count). The fourth-order valence-corrected chi connectivity index (χ4v) is 3.80. The third-order valence-electron chi connectivity index (χ3n) is 3.83. The van der Waals surface area contributed by atoms with E-state index >= 15 is 0 Å². The average molecular weight is 280 g/mol. The summed E-state index contributed by atoms with van der Waals surface area (Å²) < 4.78 is 0. The Bertz CT molecular complexity index is 348. The van der Waals surface area contributed by atoms with Crippen LogP contribution < -0.4 is 5.32 Å². The van der Waals surface area contributed by atoms with E-state index in [1.807, 2.05) is 11.3 Å². The zero-order valence-corrected chi connectivity index (χ0v) is 13.4. The lowest BCUT2D eigenvalue weighted by atomic mass is 9.92. The zero-order valence-electron chi connectivity index (χ0n) is 12.6. The standard InChI is InChI=1S/C16H28N2S/c1-4-7-18-11-14(16-6-5-8-19-16)9-15(12-18)17-10-13(2)3/h5-6,8,13-15,17H,4,7,9-12H2,1-3H3. The lowest BCUT2D eigenvalue weighted by molar-refractivity contribution is 0.171. The minimum Gasteiger partial charge on any atom is -0.312 e. The predicted molar refractivity (Wildman–Crippen MR) is 85.0 cm³/mol. The Morgan fingerprint density at radius 2 is 2.26 bits per heavy atom. The van der Waals surface area contributed by atoms with Gasteiger partial charge in [-0.1, -0.05) is 26.8 Å². The maximum atomic E-state index is 3.76. The summed E-state index contributed by atoms with van der Waals surface area (Å²) in [5.41, 5.74) is 0. The highest BCUT2D eigenvalue weighted by atomic mass is 32.1. The number of hydrogen-bond acceptors (Lipinski definition) is 3. The van der Waals surface area contributed by atoms with Gasteiger partial charge in [-0.25, -0.2) is 0 Å². The highest BCUT2D eigenvalue weighted by Crippen LogP contribution is 2.30. The highest BCUT2D eigenvalue weighted by Gasteiger charge is 2.28. The van der Waals surface area contributed by atoms with Gasteiger partial charge in [-0.15, -0.1) is 11.3 Å². The van der Waals surface area contributed by atoms with Gasteiger partial charge in [0.05, 0.1) is 0 Å². The maximum Gasteiger partial charge on any atom is 0.0201 e. The van der Waals surface area contributed by atoms with Crippen LogP contribution in [-0.2, 0) is 0 Å². The van der Waals surface area contributed by atoms with Crippen LogP contribution in [0.4, 0.5) is 0 Å². The molecule has 0 spiro atoms. The Kier molecular flexibility index (Phi) is 5.86. The number of hydrogen-bond donors (Lipinski definition) is 1. The van der Waals surface area contributed by atoms with E-state index in [9.17, 15) is 0 Å². The van der Waals surface area contributed by atoms with Crippen molar-refractivity contribution in [1.29, 1.82) is 0 Å². The van der Waals surface area contributed by atoms with Crippen LogP contribution in [0, 0.1) is 5.92 Å². The molecule has 2 nitrogen and oxygen atoms in total. The Morgan fingerprint density at radius 1 is 1.42 bits per heavy atom. The minimum atomic E-state index is 0.662. The topological polar surface area (TPSA) is 15.3 Å². The van der Waals surface area contributed by atoms with Crippen molar-refractivity contribution >= 4 is 11.3 Å². The van der Waals surface area contributed by atoms with E-state index in [1.54, 1.807) is 4.88 Å². The molecule has 0 bridgehead atoms. The second-order valence-electron chi connectivity index (χ2n) is 6.21. The second kappa shape index (κ2) is 7.41. The van der Waals surface area contributed by atoms with E-state index < -0.39 is 0 Å². The van der Waals surface area contributed by atoms with Crippen LogP contribution >= 0.6 is 11.3 Å². The molecule has 2 heterocycles. The van der Waals surface area contributed by atoms with Gasteiger partial charge in [0.25, 0.3) is 0 Å². The van der Waals surface area contributed by atoms with Gasteiger partial charge in [-0.05, 0) is 43.3 Å². The Hall–Kier alpha value is -0.380. The van der Waals surface area contributed by atoms with E-state index in [0.29, 0.717) is 6.04 Å². The number of thiophene rings is 1. The zero-order chi connectivity index (χ0) is 13.7. The normalized spacial score (nSPS) is 25.1. The molecule has 0 saturated carbocycles. The third-order valence-corrected chi connectivity index (χ3v) is 4.86. The first-order chi connectivity index (χ1) is 9.19. The summed E-state index contributed by atoms with van der Waals surface area (Å²) in [5.74, 6) is 1.46. The molecular formula is C16H28N2S. The molecular weight excluding hydrogens is 252 g/mol. The van der Waals surface area contributed by atoms with E-state index in [4.69, 9.17) is 0 Å². The van der Waals surface area contributed by atoms with Crippen molar-refractivity contribution in [3.63, 3.8) is 0 Å². The van der Waals surface area contributed by atoms with Gasteiger partial charge in [0, 0.05) is 29.9 Å². The van der Waals surface area contributed by atoms with Crippen molar-refractivity contribution in [2.24, 2.45) is 5.92 Å². The molecule has 1 aliphatic heterocycles. The van der Waals surface area contributed by atoms with Crippen molar-refractivity contribution in [1.82, 2.24) is 10.2 Å². The van der Waals surface area contributed by atoms with Gasteiger partial charge >= 0.3 is 0 Å². The summed E-state index contributed by atoms with van der Waals surface area (Å²) in [6.07, 6.45) is 2.56. The van der Waals surface area contributed by atoms with E-state index in [0.717, 1.165) is 18.4 Å². The first kappa shape index (κ1) is 15.0.